The summed E-state index contributed by atoms with van der Waals surface area (Å²) in [5, 5.41) is 0. The standard InChI is InChI=1S/C25H32F3N5O5/c1-14(2)13-37-24(35)33-10-8-32(9-11-33)23(34)21-18(12-29)38-22(31-21)16-4-6-17(36-3)20-15(16)5-7-19(30-20)25(26,27)28/h4-7,14-15,18,20-21H,8-13,29H2,1-3H3. The van der Waals surface area contributed by atoms with Crippen LogP contribution in [0.15, 0.2) is 45.6 Å². The Morgan fingerprint density at radius 2 is 1.84 bits per heavy atom. The summed E-state index contributed by atoms with van der Waals surface area (Å²) in [6.07, 6.45) is -0.232. The highest BCUT2D eigenvalue weighted by Gasteiger charge is 2.45. The van der Waals surface area contributed by atoms with Crippen LogP contribution < -0.4 is 5.73 Å². The molecule has 0 aromatic heterocycles. The zero-order valence-electron chi connectivity index (χ0n) is 21.5. The van der Waals surface area contributed by atoms with E-state index in [-0.39, 0.29) is 30.0 Å². The summed E-state index contributed by atoms with van der Waals surface area (Å²) in [5.74, 6) is -0.267. The Balaban J connectivity index is 1.47. The number of ether oxygens (including phenoxy) is 3. The zero-order chi connectivity index (χ0) is 27.6. The molecule has 2 N–H and O–H groups in total. The van der Waals surface area contributed by atoms with E-state index in [1.807, 2.05) is 13.8 Å². The molecular formula is C25H32F3N5O5. The van der Waals surface area contributed by atoms with Crippen molar-refractivity contribution in [2.45, 2.75) is 38.2 Å². The van der Waals surface area contributed by atoms with Crippen molar-refractivity contribution in [1.82, 2.24) is 9.80 Å². The number of halogens is 3. The predicted molar refractivity (Wildman–Crippen MR) is 133 cm³/mol. The number of carbonyl (C=O) groups excluding carboxylic acids is 2. The van der Waals surface area contributed by atoms with E-state index in [9.17, 15) is 22.8 Å². The molecule has 1 saturated heterocycles. The van der Waals surface area contributed by atoms with Crippen LogP contribution in [0.1, 0.15) is 13.8 Å². The molecule has 0 spiro atoms. The summed E-state index contributed by atoms with van der Waals surface area (Å²) in [4.78, 5) is 37.2. The minimum atomic E-state index is -4.60. The van der Waals surface area contributed by atoms with Gasteiger partial charge in [-0.15, -0.1) is 0 Å². The number of amides is 2. The molecule has 0 bridgehead atoms. The summed E-state index contributed by atoms with van der Waals surface area (Å²) < 4.78 is 56.4. The first-order valence-electron chi connectivity index (χ1n) is 12.5. The lowest BCUT2D eigenvalue weighted by molar-refractivity contribution is -0.135. The van der Waals surface area contributed by atoms with Crippen molar-refractivity contribution in [3.63, 3.8) is 0 Å². The lowest BCUT2D eigenvalue weighted by Gasteiger charge is -2.35. The highest BCUT2D eigenvalue weighted by Crippen LogP contribution is 2.37. The largest absolute Gasteiger partial charge is 0.499 e. The quantitative estimate of drug-likeness (QED) is 0.552. The molecule has 13 heteroatoms. The molecule has 4 aliphatic rings. The molecule has 0 saturated carbocycles. The number of methoxy groups -OCH3 is 1. The van der Waals surface area contributed by atoms with Crippen LogP contribution in [0.3, 0.4) is 0 Å². The number of carbonyl (C=O) groups is 2. The number of piperazine rings is 1. The van der Waals surface area contributed by atoms with Gasteiger partial charge in [-0.2, -0.15) is 13.2 Å². The van der Waals surface area contributed by atoms with E-state index in [2.05, 4.69) is 9.98 Å². The van der Waals surface area contributed by atoms with Gasteiger partial charge in [0.05, 0.1) is 13.7 Å². The van der Waals surface area contributed by atoms with Gasteiger partial charge in [-0.25, -0.2) is 9.79 Å². The van der Waals surface area contributed by atoms with Crippen LogP contribution in [0.2, 0.25) is 0 Å². The van der Waals surface area contributed by atoms with Crippen molar-refractivity contribution in [3.8, 4) is 0 Å². The van der Waals surface area contributed by atoms with Crippen LogP contribution in [-0.2, 0) is 19.0 Å². The first-order chi connectivity index (χ1) is 18.0. The number of fused-ring (bicyclic) bond motifs is 1. The van der Waals surface area contributed by atoms with E-state index in [1.165, 1.54) is 19.3 Å². The van der Waals surface area contributed by atoms with E-state index in [1.54, 1.807) is 15.9 Å². The Bertz CT molecular complexity index is 1090. The third-order valence-electron chi connectivity index (χ3n) is 6.68. The van der Waals surface area contributed by atoms with E-state index >= 15 is 0 Å². The van der Waals surface area contributed by atoms with Crippen molar-refractivity contribution in [3.05, 3.63) is 35.6 Å². The molecule has 10 nitrogen and oxygen atoms in total. The topological polar surface area (TPSA) is 119 Å². The average molecular weight is 540 g/mol. The molecule has 3 aliphatic heterocycles. The van der Waals surface area contributed by atoms with Gasteiger partial charge in [0.1, 0.15) is 23.6 Å². The minimum absolute atomic E-state index is 0.0116. The summed E-state index contributed by atoms with van der Waals surface area (Å²) >= 11 is 0. The molecule has 4 rings (SSSR count). The molecule has 3 heterocycles. The predicted octanol–water partition coefficient (Wildman–Crippen LogP) is 2.08. The fourth-order valence-electron chi connectivity index (χ4n) is 4.65. The summed E-state index contributed by atoms with van der Waals surface area (Å²) in [6, 6.07) is -1.86. The lowest BCUT2D eigenvalue weighted by atomic mass is 9.83. The average Bonchev–Trinajstić information content (AvgIpc) is 3.34. The number of dihydropyridines is 1. The first kappa shape index (κ1) is 27.7. The summed E-state index contributed by atoms with van der Waals surface area (Å²) in [7, 11) is 1.37. The smallest absolute Gasteiger partial charge is 0.432 e. The molecule has 0 radical (unpaired) electrons. The van der Waals surface area contributed by atoms with E-state index < -0.39 is 42.1 Å². The maximum atomic E-state index is 13.4. The molecular weight excluding hydrogens is 507 g/mol. The molecule has 0 aromatic carbocycles. The third kappa shape index (κ3) is 5.71. The Morgan fingerprint density at radius 3 is 2.45 bits per heavy atom. The molecule has 1 fully saturated rings. The maximum Gasteiger partial charge on any atom is 0.432 e. The Morgan fingerprint density at radius 1 is 1.16 bits per heavy atom. The number of hydrogen-bond acceptors (Lipinski definition) is 8. The van der Waals surface area contributed by atoms with Crippen molar-refractivity contribution < 1.29 is 37.0 Å². The number of nitrogens with zero attached hydrogens (tertiary/aromatic N) is 4. The molecule has 0 aromatic rings. The second-order valence-corrected chi connectivity index (χ2v) is 9.79. The summed E-state index contributed by atoms with van der Waals surface area (Å²) in [6.45, 7) is 5.49. The number of allylic oxidation sites excluding steroid dienone is 3. The van der Waals surface area contributed by atoms with Gasteiger partial charge >= 0.3 is 12.3 Å². The highest BCUT2D eigenvalue weighted by molar-refractivity contribution is 6.03. The molecule has 2 amide bonds. The van der Waals surface area contributed by atoms with E-state index in [4.69, 9.17) is 19.9 Å². The van der Waals surface area contributed by atoms with Crippen molar-refractivity contribution in [2.75, 3.05) is 46.4 Å². The van der Waals surface area contributed by atoms with Crippen molar-refractivity contribution in [1.29, 1.82) is 0 Å². The molecule has 208 valence electrons. The minimum Gasteiger partial charge on any atom is -0.499 e. The number of rotatable bonds is 6. The second-order valence-electron chi connectivity index (χ2n) is 9.79. The molecule has 4 unspecified atom stereocenters. The van der Waals surface area contributed by atoms with Crippen LogP contribution in [0.25, 0.3) is 0 Å². The molecule has 4 atom stereocenters. The van der Waals surface area contributed by atoms with Gasteiger partial charge in [0, 0.05) is 44.2 Å². The zero-order valence-corrected chi connectivity index (χ0v) is 21.5. The highest BCUT2D eigenvalue weighted by atomic mass is 19.4. The first-order valence-corrected chi connectivity index (χ1v) is 12.5. The summed E-state index contributed by atoms with van der Waals surface area (Å²) in [5.41, 5.74) is 5.38. The van der Waals surface area contributed by atoms with Crippen LogP contribution in [-0.4, -0.2) is 104 Å². The number of alkyl halides is 3. The van der Waals surface area contributed by atoms with Crippen molar-refractivity contribution >= 4 is 23.6 Å². The Kier molecular flexibility index (Phi) is 8.14. The van der Waals surface area contributed by atoms with E-state index in [0.29, 0.717) is 38.4 Å². The lowest BCUT2D eigenvalue weighted by Crippen LogP contribution is -2.54. The number of hydrogen-bond donors (Lipinski definition) is 1. The van der Waals surface area contributed by atoms with Crippen LogP contribution >= 0.6 is 0 Å². The van der Waals surface area contributed by atoms with Gasteiger partial charge in [-0.05, 0) is 24.1 Å². The van der Waals surface area contributed by atoms with Gasteiger partial charge in [0.25, 0.3) is 5.91 Å². The maximum absolute atomic E-state index is 13.4. The fourth-order valence-corrected chi connectivity index (χ4v) is 4.65. The van der Waals surface area contributed by atoms with Gasteiger partial charge in [0.15, 0.2) is 6.04 Å². The van der Waals surface area contributed by atoms with E-state index in [0.717, 1.165) is 6.08 Å². The number of nitrogens with two attached hydrogens (primary N) is 1. The fraction of sp³-hybridized carbons (Fsp3) is 0.600. The molecule has 1 aliphatic carbocycles. The number of aliphatic imine (C=N–C) groups is 2. The normalized spacial score (nSPS) is 27.2. The Hall–Kier alpha value is -3.35. The third-order valence-corrected chi connectivity index (χ3v) is 6.68. The van der Waals surface area contributed by atoms with Gasteiger partial charge in [-0.3, -0.25) is 9.79 Å². The van der Waals surface area contributed by atoms with Crippen molar-refractivity contribution in [2.24, 2.45) is 27.6 Å². The van der Waals surface area contributed by atoms with Gasteiger partial charge in [-0.1, -0.05) is 19.9 Å². The van der Waals surface area contributed by atoms with Crippen LogP contribution in [0.4, 0.5) is 18.0 Å². The van der Waals surface area contributed by atoms with Crippen LogP contribution in [0, 0.1) is 11.8 Å². The van der Waals surface area contributed by atoms with Gasteiger partial charge < -0.3 is 29.7 Å². The van der Waals surface area contributed by atoms with Crippen LogP contribution in [0.5, 0.6) is 0 Å². The Labute approximate surface area is 218 Å². The second kappa shape index (κ2) is 11.2. The van der Waals surface area contributed by atoms with Gasteiger partial charge in [0.2, 0.25) is 5.90 Å². The monoisotopic (exact) mass is 539 g/mol. The SMILES string of the molecule is COC1=CC=C(C2=NC(C(=O)N3CCN(C(=O)OCC(C)C)CC3)C(CN)O2)C2C=CC(C(F)(F)F)=NC12. The molecule has 38 heavy (non-hydrogen) atoms.